The number of rotatable bonds is 9. The molecule has 1 aromatic heterocycles. The molecule has 20 heteroatoms. The number of hydrogen-bond acceptors (Lipinski definition) is 11. The van der Waals surface area contributed by atoms with Crippen LogP contribution in [-0.2, 0) is 41.7 Å². The summed E-state index contributed by atoms with van der Waals surface area (Å²) in [6.45, 7) is 5.32. The van der Waals surface area contributed by atoms with Gasteiger partial charge in [0.15, 0.2) is 11.4 Å². The summed E-state index contributed by atoms with van der Waals surface area (Å²) < 4.78 is 89.9. The molecule has 2 aliphatic carbocycles. The maximum Gasteiger partial charge on any atom is 0.437 e. The molecule has 4 fully saturated rings. The van der Waals surface area contributed by atoms with E-state index in [1.807, 2.05) is 6.08 Å². The van der Waals surface area contributed by atoms with Crippen molar-refractivity contribution >= 4 is 44.7 Å². The van der Waals surface area contributed by atoms with Crippen molar-refractivity contribution in [2.24, 2.45) is 5.92 Å². The highest BCUT2D eigenvalue weighted by Crippen LogP contribution is 2.50. The number of allylic oxidation sites excluding steroid dienone is 1. The third-order valence-electron chi connectivity index (χ3n) is 13.3. The zero-order chi connectivity index (χ0) is 44.1. The average Bonchev–Trinajstić information content (AvgIpc) is 4.12. The second-order valence-corrected chi connectivity index (χ2v) is 20.0. The first kappa shape index (κ1) is 43.9. The Morgan fingerprint density at radius 3 is 2.60 bits per heavy atom. The molecule has 6 aliphatic rings. The first-order valence-electron chi connectivity index (χ1n) is 21.4. The Morgan fingerprint density at radius 1 is 1.10 bits per heavy atom. The predicted molar refractivity (Wildman–Crippen MR) is 217 cm³/mol. The molecule has 5 atom stereocenters. The average molecular weight is 891 g/mol. The second-order valence-electron chi connectivity index (χ2n) is 17.8. The Bertz CT molecular complexity index is 2250. The van der Waals surface area contributed by atoms with Crippen molar-refractivity contribution in [1.29, 1.82) is 0 Å². The number of hydrogen-bond donors (Lipinski definition) is 4. The van der Waals surface area contributed by atoms with Gasteiger partial charge in [-0.3, -0.25) is 24.0 Å². The molecule has 62 heavy (non-hydrogen) atoms. The molecule has 4 N–H and O–H groups in total. The number of sulfonamides is 1. The SMILES string of the molecule is CC1(S(=O)(=O)NC(=O)[C@@]23C[C@H]2C=CCCCCC[C@H](NC(=O)O)C(=O)N2C[C@@]4(CCc5c(c(C(F)(F)F)nc6ccc(OCCCN7CCOCC7)cc56)O4)C[C@H]2C(=O)N3)CC1. The van der Waals surface area contributed by atoms with Crippen molar-refractivity contribution in [2.75, 3.05) is 46.0 Å². The van der Waals surface area contributed by atoms with E-state index in [0.717, 1.165) is 31.0 Å². The minimum Gasteiger partial charge on any atom is -0.494 e. The maximum absolute atomic E-state index is 14.9. The van der Waals surface area contributed by atoms with Gasteiger partial charge in [-0.1, -0.05) is 25.0 Å². The molecule has 0 radical (unpaired) electrons. The number of aromatic nitrogens is 1. The lowest BCUT2D eigenvalue weighted by Crippen LogP contribution is -2.58. The predicted octanol–water partition coefficient (Wildman–Crippen LogP) is 4.05. The van der Waals surface area contributed by atoms with Crippen molar-refractivity contribution in [3.63, 3.8) is 0 Å². The number of carboxylic acid groups (broad SMARTS) is 1. The Balaban J connectivity index is 1.10. The van der Waals surface area contributed by atoms with Crippen LogP contribution in [0.15, 0.2) is 30.4 Å². The highest BCUT2D eigenvalue weighted by molar-refractivity contribution is 7.91. The summed E-state index contributed by atoms with van der Waals surface area (Å²) in [5, 5.41) is 15.2. The molecule has 5 heterocycles. The number of aryl methyl sites for hydroxylation is 1. The van der Waals surface area contributed by atoms with Crippen LogP contribution in [0.25, 0.3) is 10.9 Å². The van der Waals surface area contributed by atoms with Crippen molar-refractivity contribution in [3.8, 4) is 11.5 Å². The number of morpholine rings is 1. The molecule has 338 valence electrons. The number of carbonyl (C=O) groups is 4. The number of carbonyl (C=O) groups excluding carboxylic acids is 3. The number of nitrogens with one attached hydrogen (secondary N) is 3. The second kappa shape index (κ2) is 16.8. The first-order valence-corrected chi connectivity index (χ1v) is 22.9. The number of amides is 4. The molecule has 16 nitrogen and oxygen atoms in total. The minimum atomic E-state index is -4.95. The van der Waals surface area contributed by atoms with Crippen LogP contribution in [0.1, 0.15) is 88.8 Å². The van der Waals surface area contributed by atoms with Crippen LogP contribution in [0, 0.1) is 5.92 Å². The van der Waals surface area contributed by atoms with Crippen LogP contribution in [0.2, 0.25) is 0 Å². The number of nitrogens with zero attached hydrogens (tertiary/aromatic N) is 3. The van der Waals surface area contributed by atoms with Gasteiger partial charge in [-0.05, 0) is 82.9 Å². The van der Waals surface area contributed by atoms with E-state index in [1.165, 1.54) is 13.0 Å². The molecule has 8 rings (SSSR count). The van der Waals surface area contributed by atoms with Crippen molar-refractivity contribution in [2.45, 2.75) is 118 Å². The largest absolute Gasteiger partial charge is 0.494 e. The van der Waals surface area contributed by atoms with E-state index >= 15 is 0 Å². The van der Waals surface area contributed by atoms with E-state index in [1.54, 1.807) is 18.2 Å². The highest BCUT2D eigenvalue weighted by atomic mass is 32.2. The quantitative estimate of drug-likeness (QED) is 0.208. The van der Waals surface area contributed by atoms with Crippen LogP contribution in [0.3, 0.4) is 0 Å². The van der Waals surface area contributed by atoms with E-state index < -0.39 is 85.3 Å². The maximum atomic E-state index is 14.9. The van der Waals surface area contributed by atoms with E-state index in [-0.39, 0.29) is 49.7 Å². The summed E-state index contributed by atoms with van der Waals surface area (Å²) >= 11 is 0. The fourth-order valence-corrected chi connectivity index (χ4v) is 10.6. The van der Waals surface area contributed by atoms with E-state index in [0.29, 0.717) is 69.5 Å². The van der Waals surface area contributed by atoms with E-state index in [9.17, 15) is 45.9 Å². The van der Waals surface area contributed by atoms with Gasteiger partial charge in [0.25, 0.3) is 5.91 Å². The van der Waals surface area contributed by atoms with Gasteiger partial charge in [0, 0.05) is 42.9 Å². The smallest absolute Gasteiger partial charge is 0.437 e. The number of alkyl halides is 3. The Kier molecular flexibility index (Phi) is 11.9. The molecule has 4 aliphatic heterocycles. The van der Waals surface area contributed by atoms with Crippen LogP contribution < -0.4 is 24.8 Å². The summed E-state index contributed by atoms with van der Waals surface area (Å²) in [7, 11) is -4.11. The van der Waals surface area contributed by atoms with Crippen molar-refractivity contribution in [1.82, 2.24) is 30.1 Å². The number of benzene rings is 1. The summed E-state index contributed by atoms with van der Waals surface area (Å²) in [6.07, 6.45) is 0.925. The van der Waals surface area contributed by atoms with E-state index in [4.69, 9.17) is 14.2 Å². The summed E-state index contributed by atoms with van der Waals surface area (Å²) in [5.74, 6) is -3.21. The normalized spacial score (nSPS) is 29.0. The fourth-order valence-electron chi connectivity index (χ4n) is 9.24. The molecule has 1 spiro atoms. The van der Waals surface area contributed by atoms with Gasteiger partial charge in [-0.25, -0.2) is 18.2 Å². The van der Waals surface area contributed by atoms with Crippen LogP contribution in [0.4, 0.5) is 18.0 Å². The molecule has 2 aromatic rings. The summed E-state index contributed by atoms with van der Waals surface area (Å²) in [4.78, 5) is 62.3. The lowest BCUT2D eigenvalue weighted by atomic mass is 9.87. The highest BCUT2D eigenvalue weighted by Gasteiger charge is 2.64. The third kappa shape index (κ3) is 8.91. The fraction of sp³-hybridized carbons (Fsp3) is 0.643. The van der Waals surface area contributed by atoms with Crippen LogP contribution in [0.5, 0.6) is 11.5 Å². The van der Waals surface area contributed by atoms with Gasteiger partial charge in [-0.2, -0.15) is 13.2 Å². The van der Waals surface area contributed by atoms with Crippen molar-refractivity contribution in [3.05, 3.63) is 41.6 Å². The molecule has 4 amide bonds. The Hall–Kier alpha value is -4.69. The van der Waals surface area contributed by atoms with Gasteiger partial charge in [0.1, 0.15) is 29.0 Å². The molecular weight excluding hydrogens is 838 g/mol. The Morgan fingerprint density at radius 2 is 1.87 bits per heavy atom. The van der Waals surface area contributed by atoms with Gasteiger partial charge in [-0.15, -0.1) is 0 Å². The van der Waals surface area contributed by atoms with Crippen LogP contribution >= 0.6 is 0 Å². The van der Waals surface area contributed by atoms with Gasteiger partial charge >= 0.3 is 12.3 Å². The molecule has 1 aromatic carbocycles. The number of fused-ring (bicyclic) bond motifs is 5. The van der Waals surface area contributed by atoms with Crippen LogP contribution in [-0.4, -0.2) is 126 Å². The van der Waals surface area contributed by atoms with Crippen molar-refractivity contribution < 1.29 is 60.1 Å². The summed E-state index contributed by atoms with van der Waals surface area (Å²) in [5.41, 5.74) is -4.19. The monoisotopic (exact) mass is 890 g/mol. The zero-order valence-electron chi connectivity index (χ0n) is 34.6. The van der Waals surface area contributed by atoms with Gasteiger partial charge in [0.2, 0.25) is 21.8 Å². The molecule has 2 saturated carbocycles. The minimum absolute atomic E-state index is 0.0426. The van der Waals surface area contributed by atoms with Gasteiger partial charge < -0.3 is 34.9 Å². The molecule has 0 unspecified atom stereocenters. The molecule has 2 saturated heterocycles. The lowest BCUT2D eigenvalue weighted by Gasteiger charge is -2.37. The van der Waals surface area contributed by atoms with Gasteiger partial charge in [0.05, 0.1) is 36.6 Å². The lowest BCUT2D eigenvalue weighted by molar-refractivity contribution is -0.144. The Labute approximate surface area is 357 Å². The van der Waals surface area contributed by atoms with E-state index in [2.05, 4.69) is 25.2 Å². The third-order valence-corrected chi connectivity index (χ3v) is 15.5. The first-order chi connectivity index (χ1) is 29.4. The molecular formula is C42H53F3N6O10S. The standard InChI is InChI=1S/C42H53F3N6O10S/c1-39(14-15-39)62(57,58)49-37(54)41-23-26(41)8-5-3-2-4-6-9-31(47-38(55)56)36(53)51-25-40(24-32(51)35(52)48-41)13-12-28-29-22-27(60-19-7-16-50-17-20-59-21-18-50)10-11-30(29)46-34(33(28)61-40)42(43,44)45/h5,8,10-11,22,26,31-32,47H,2-4,6-7,9,12-21,23-25H2,1H3,(H,48,52)(H,49,54)(H,55,56)/t26-,31+,32+,40-,41-/m1/s1. The number of halogens is 3. The number of pyridine rings is 1. The summed E-state index contributed by atoms with van der Waals surface area (Å²) in [6, 6.07) is 1.96. The number of ether oxygens (including phenoxy) is 3. The topological polar surface area (TPSA) is 206 Å². The molecule has 0 bridgehead atoms. The zero-order valence-corrected chi connectivity index (χ0v) is 35.4.